The number of ether oxygens (including phenoxy) is 1. The van der Waals surface area contributed by atoms with Crippen molar-refractivity contribution in [1.29, 1.82) is 0 Å². The van der Waals surface area contributed by atoms with Gasteiger partial charge in [0.2, 0.25) is 0 Å². The van der Waals surface area contributed by atoms with Gasteiger partial charge in [0, 0.05) is 5.69 Å². The number of rotatable bonds is 3. The lowest BCUT2D eigenvalue weighted by Gasteiger charge is -2.10. The van der Waals surface area contributed by atoms with Crippen LogP contribution < -0.4 is 10.6 Å². The quantitative estimate of drug-likeness (QED) is 0.799. The summed E-state index contributed by atoms with van der Waals surface area (Å²) >= 11 is 0.881. The second-order valence-electron chi connectivity index (χ2n) is 3.49. The molecule has 0 unspecified atom stereocenters. The van der Waals surface area contributed by atoms with Crippen LogP contribution in [0.2, 0.25) is 0 Å². The van der Waals surface area contributed by atoms with E-state index in [2.05, 4.69) is 15.4 Å². The van der Waals surface area contributed by atoms with Crippen molar-refractivity contribution in [2.75, 3.05) is 12.4 Å². The summed E-state index contributed by atoms with van der Waals surface area (Å²) < 4.78 is 4.57. The van der Waals surface area contributed by atoms with Crippen LogP contribution in [0, 0.1) is 0 Å². The standard InChI is InChI=1S/C11H10N2O4S/c1-17-10(15)6-2-4-7(5-3-6)12-9-8(14)13-11(16)18-9/h2-5,9,12H,1H3,(H,13,14,16)/t9-/m0/s1. The molecule has 94 valence electrons. The van der Waals surface area contributed by atoms with E-state index < -0.39 is 11.3 Å². The number of hydrogen-bond acceptors (Lipinski definition) is 6. The number of amides is 2. The van der Waals surface area contributed by atoms with Gasteiger partial charge in [-0.25, -0.2) is 4.79 Å². The lowest BCUT2D eigenvalue weighted by Crippen LogP contribution is -2.29. The Morgan fingerprint density at radius 3 is 2.50 bits per heavy atom. The molecule has 0 aliphatic carbocycles. The maximum Gasteiger partial charge on any atom is 0.337 e. The first-order valence-corrected chi connectivity index (χ1v) is 5.94. The highest BCUT2D eigenvalue weighted by atomic mass is 32.2. The van der Waals surface area contributed by atoms with Crippen molar-refractivity contribution >= 4 is 34.6 Å². The SMILES string of the molecule is COC(=O)c1ccc(N[C@H]2SC(=O)NC2=O)cc1. The Balaban J connectivity index is 2.04. The number of anilines is 1. The molecule has 1 aromatic rings. The zero-order valence-electron chi connectivity index (χ0n) is 9.43. The van der Waals surface area contributed by atoms with Gasteiger partial charge < -0.3 is 10.1 Å². The Labute approximate surface area is 107 Å². The van der Waals surface area contributed by atoms with Crippen LogP contribution in [0.1, 0.15) is 10.4 Å². The number of esters is 1. The molecule has 1 saturated heterocycles. The topological polar surface area (TPSA) is 84.5 Å². The van der Waals surface area contributed by atoms with E-state index in [0.717, 1.165) is 11.8 Å². The van der Waals surface area contributed by atoms with E-state index >= 15 is 0 Å². The van der Waals surface area contributed by atoms with Gasteiger partial charge in [-0.05, 0) is 36.0 Å². The molecule has 0 spiro atoms. The largest absolute Gasteiger partial charge is 0.465 e. The van der Waals surface area contributed by atoms with Crippen LogP contribution in [0.4, 0.5) is 10.5 Å². The molecule has 1 aliphatic heterocycles. The van der Waals surface area contributed by atoms with Gasteiger partial charge in [0.1, 0.15) is 0 Å². The van der Waals surface area contributed by atoms with Crippen LogP contribution in [0.15, 0.2) is 24.3 Å². The molecular formula is C11H10N2O4S. The van der Waals surface area contributed by atoms with Crippen molar-refractivity contribution in [3.63, 3.8) is 0 Å². The number of imide groups is 1. The lowest BCUT2D eigenvalue weighted by molar-refractivity contribution is -0.118. The van der Waals surface area contributed by atoms with E-state index in [0.29, 0.717) is 11.3 Å². The molecule has 18 heavy (non-hydrogen) atoms. The first-order valence-electron chi connectivity index (χ1n) is 5.06. The Bertz CT molecular complexity index is 500. The summed E-state index contributed by atoms with van der Waals surface area (Å²) in [7, 11) is 1.31. The maximum atomic E-state index is 11.3. The number of thioether (sulfide) groups is 1. The summed E-state index contributed by atoms with van der Waals surface area (Å²) in [5.74, 6) is -0.799. The van der Waals surface area contributed by atoms with Gasteiger partial charge in [0.05, 0.1) is 12.7 Å². The van der Waals surface area contributed by atoms with E-state index in [-0.39, 0.29) is 11.1 Å². The number of hydrogen-bond donors (Lipinski definition) is 2. The van der Waals surface area contributed by atoms with E-state index in [4.69, 9.17) is 0 Å². The molecule has 0 radical (unpaired) electrons. The third-order valence-corrected chi connectivity index (χ3v) is 3.18. The normalized spacial score (nSPS) is 18.4. The number of carbonyl (C=O) groups is 3. The van der Waals surface area contributed by atoms with Gasteiger partial charge in [0.15, 0.2) is 5.37 Å². The van der Waals surface area contributed by atoms with Gasteiger partial charge in [-0.15, -0.1) is 0 Å². The van der Waals surface area contributed by atoms with Crippen molar-refractivity contribution in [3.8, 4) is 0 Å². The van der Waals surface area contributed by atoms with Crippen LogP contribution in [0.3, 0.4) is 0 Å². The van der Waals surface area contributed by atoms with Gasteiger partial charge in [-0.2, -0.15) is 0 Å². The molecule has 1 aromatic carbocycles. The van der Waals surface area contributed by atoms with Crippen molar-refractivity contribution in [2.45, 2.75) is 5.37 Å². The van der Waals surface area contributed by atoms with E-state index in [1.54, 1.807) is 24.3 Å². The molecule has 6 nitrogen and oxygen atoms in total. The lowest BCUT2D eigenvalue weighted by atomic mass is 10.2. The third kappa shape index (κ3) is 2.62. The molecule has 2 N–H and O–H groups in total. The minimum atomic E-state index is -0.638. The third-order valence-electron chi connectivity index (χ3n) is 2.29. The summed E-state index contributed by atoms with van der Waals surface area (Å²) in [6, 6.07) is 6.44. The van der Waals surface area contributed by atoms with Crippen LogP contribution >= 0.6 is 11.8 Å². The minimum absolute atomic E-state index is 0.372. The fraction of sp³-hybridized carbons (Fsp3) is 0.182. The van der Waals surface area contributed by atoms with E-state index in [9.17, 15) is 14.4 Å². The molecule has 2 rings (SSSR count). The van der Waals surface area contributed by atoms with Crippen LogP contribution in [-0.2, 0) is 9.53 Å². The van der Waals surface area contributed by atoms with Gasteiger partial charge in [-0.1, -0.05) is 0 Å². The number of carbonyl (C=O) groups excluding carboxylic acids is 3. The predicted molar refractivity (Wildman–Crippen MR) is 66.3 cm³/mol. The highest BCUT2D eigenvalue weighted by Crippen LogP contribution is 2.21. The maximum absolute atomic E-state index is 11.3. The molecule has 1 atom stereocenters. The fourth-order valence-electron chi connectivity index (χ4n) is 1.42. The van der Waals surface area contributed by atoms with Gasteiger partial charge in [0.25, 0.3) is 11.1 Å². The number of nitrogens with one attached hydrogen (secondary N) is 2. The Morgan fingerprint density at radius 1 is 1.33 bits per heavy atom. The second kappa shape index (κ2) is 5.09. The summed E-state index contributed by atoms with van der Waals surface area (Å²) in [6.07, 6.45) is 0. The Morgan fingerprint density at radius 2 is 2.00 bits per heavy atom. The van der Waals surface area contributed by atoms with E-state index in [1.807, 2.05) is 0 Å². The highest BCUT2D eigenvalue weighted by molar-refractivity contribution is 8.15. The molecule has 1 heterocycles. The van der Waals surface area contributed by atoms with Crippen molar-refractivity contribution in [3.05, 3.63) is 29.8 Å². The first kappa shape index (κ1) is 12.4. The Kier molecular flexibility index (Phi) is 3.52. The molecule has 0 aromatic heterocycles. The minimum Gasteiger partial charge on any atom is -0.465 e. The Hall–Kier alpha value is -2.02. The number of benzene rings is 1. The van der Waals surface area contributed by atoms with Crippen molar-refractivity contribution in [2.24, 2.45) is 0 Å². The van der Waals surface area contributed by atoms with E-state index in [1.165, 1.54) is 7.11 Å². The molecule has 0 bridgehead atoms. The van der Waals surface area contributed by atoms with Crippen LogP contribution in [0.5, 0.6) is 0 Å². The number of methoxy groups -OCH3 is 1. The summed E-state index contributed by atoms with van der Waals surface area (Å²) in [5, 5.41) is 4.05. The van der Waals surface area contributed by atoms with Gasteiger partial charge in [-0.3, -0.25) is 14.9 Å². The summed E-state index contributed by atoms with van der Waals surface area (Å²) in [5.41, 5.74) is 1.06. The molecule has 1 fully saturated rings. The molecular weight excluding hydrogens is 256 g/mol. The average Bonchev–Trinajstić information content (AvgIpc) is 2.68. The zero-order chi connectivity index (χ0) is 13.1. The molecule has 2 amide bonds. The molecule has 1 aliphatic rings. The molecule has 0 saturated carbocycles. The second-order valence-corrected chi connectivity index (χ2v) is 4.57. The van der Waals surface area contributed by atoms with Crippen molar-refractivity contribution < 1.29 is 19.1 Å². The smallest absolute Gasteiger partial charge is 0.337 e. The predicted octanol–water partition coefficient (Wildman–Crippen LogP) is 1.19. The monoisotopic (exact) mass is 266 g/mol. The summed E-state index contributed by atoms with van der Waals surface area (Å²) in [4.78, 5) is 33.5. The van der Waals surface area contributed by atoms with Gasteiger partial charge >= 0.3 is 5.97 Å². The highest BCUT2D eigenvalue weighted by Gasteiger charge is 2.31. The summed E-state index contributed by atoms with van der Waals surface area (Å²) in [6.45, 7) is 0. The average molecular weight is 266 g/mol. The van der Waals surface area contributed by atoms with Crippen LogP contribution in [-0.4, -0.2) is 29.6 Å². The zero-order valence-corrected chi connectivity index (χ0v) is 10.2. The van der Waals surface area contributed by atoms with Crippen molar-refractivity contribution in [1.82, 2.24) is 5.32 Å². The van der Waals surface area contributed by atoms with Crippen LogP contribution in [0.25, 0.3) is 0 Å². The fourth-order valence-corrected chi connectivity index (χ4v) is 2.16. The molecule has 7 heteroatoms. The first-order chi connectivity index (χ1) is 8.60.